The maximum Gasteiger partial charge on any atom is 0.251 e. The van der Waals surface area contributed by atoms with Crippen molar-refractivity contribution in [2.45, 2.75) is 6.04 Å². The van der Waals surface area contributed by atoms with Crippen molar-refractivity contribution in [1.82, 2.24) is 9.55 Å². The van der Waals surface area contributed by atoms with E-state index in [2.05, 4.69) is 4.98 Å². The minimum absolute atomic E-state index is 0.0254. The van der Waals surface area contributed by atoms with Crippen LogP contribution in [-0.4, -0.2) is 27.9 Å². The van der Waals surface area contributed by atoms with E-state index < -0.39 is 11.9 Å². The lowest BCUT2D eigenvalue weighted by Gasteiger charge is -2.26. The van der Waals surface area contributed by atoms with E-state index in [1.807, 2.05) is 0 Å². The van der Waals surface area contributed by atoms with Crippen LogP contribution in [0.1, 0.15) is 6.04 Å². The average molecular weight is 236 g/mol. The first-order chi connectivity index (χ1) is 8.22. The maximum absolute atomic E-state index is 13.5. The van der Waals surface area contributed by atoms with Gasteiger partial charge in [-0.1, -0.05) is 0 Å². The van der Waals surface area contributed by atoms with Crippen molar-refractivity contribution in [3.05, 3.63) is 34.5 Å². The maximum atomic E-state index is 13.5. The van der Waals surface area contributed by atoms with Crippen LogP contribution in [0.25, 0.3) is 11.0 Å². The van der Waals surface area contributed by atoms with Gasteiger partial charge in [0.2, 0.25) is 0 Å². The number of aromatic nitrogens is 2. The smallest absolute Gasteiger partial charge is 0.251 e. The van der Waals surface area contributed by atoms with Crippen molar-refractivity contribution in [3.8, 4) is 5.75 Å². The highest BCUT2D eigenvalue weighted by Gasteiger charge is 2.25. The lowest BCUT2D eigenvalue weighted by Crippen LogP contribution is -2.34. The van der Waals surface area contributed by atoms with Crippen molar-refractivity contribution in [1.29, 1.82) is 0 Å². The predicted molar refractivity (Wildman–Crippen MR) is 57.6 cm³/mol. The Labute approximate surface area is 95.1 Å². The van der Waals surface area contributed by atoms with Crippen LogP contribution in [0.3, 0.4) is 0 Å². The Morgan fingerprint density at radius 3 is 3.18 bits per heavy atom. The van der Waals surface area contributed by atoms with Crippen molar-refractivity contribution in [2.75, 3.05) is 13.2 Å². The number of hydrogen-bond donors (Lipinski definition) is 1. The molecule has 0 amide bonds. The second-order valence-corrected chi connectivity index (χ2v) is 3.86. The molecule has 0 spiro atoms. The number of aliphatic hydroxyl groups is 1. The van der Waals surface area contributed by atoms with Gasteiger partial charge in [-0.2, -0.15) is 0 Å². The van der Waals surface area contributed by atoms with E-state index >= 15 is 0 Å². The number of ether oxygens (including phenoxy) is 1. The Balaban J connectivity index is 2.48. The highest BCUT2D eigenvalue weighted by molar-refractivity contribution is 5.81. The summed E-state index contributed by atoms with van der Waals surface area (Å²) in [5.41, 5.74) is 0.482. The van der Waals surface area contributed by atoms with Crippen LogP contribution in [0.4, 0.5) is 4.39 Å². The number of aliphatic hydroxyl groups excluding tert-OH is 1. The van der Waals surface area contributed by atoms with Crippen LogP contribution >= 0.6 is 0 Å². The molecule has 2 aromatic rings. The standard InChI is InChI=1S/C11H9FN2O3/c12-7-3-13-8-1-2-9(16)14-6(4-15)5-17-11(7)10(8)14/h1-3,6,15H,4-5H2/t6-/m0/s1. The molecule has 88 valence electrons. The summed E-state index contributed by atoms with van der Waals surface area (Å²) in [4.78, 5) is 15.7. The summed E-state index contributed by atoms with van der Waals surface area (Å²) in [6.45, 7) is -0.168. The molecule has 0 unspecified atom stereocenters. The van der Waals surface area contributed by atoms with E-state index in [4.69, 9.17) is 4.74 Å². The Kier molecular flexibility index (Phi) is 2.12. The minimum atomic E-state index is -0.603. The van der Waals surface area contributed by atoms with Crippen LogP contribution in [-0.2, 0) is 0 Å². The Bertz CT molecular complexity index is 653. The van der Waals surface area contributed by atoms with E-state index in [1.165, 1.54) is 16.7 Å². The number of halogens is 1. The highest BCUT2D eigenvalue weighted by Crippen LogP contribution is 2.31. The highest BCUT2D eigenvalue weighted by atomic mass is 19.1. The van der Waals surface area contributed by atoms with Crippen LogP contribution < -0.4 is 10.3 Å². The molecule has 0 saturated heterocycles. The molecule has 0 aliphatic carbocycles. The van der Waals surface area contributed by atoms with Crippen LogP contribution in [0.5, 0.6) is 5.75 Å². The lowest BCUT2D eigenvalue weighted by molar-refractivity contribution is 0.152. The summed E-state index contributed by atoms with van der Waals surface area (Å²) in [5.74, 6) is -0.578. The molecule has 0 bridgehead atoms. The molecule has 0 radical (unpaired) electrons. The molecule has 3 heterocycles. The van der Waals surface area contributed by atoms with E-state index in [0.29, 0.717) is 11.0 Å². The molecule has 0 aromatic carbocycles. The second-order valence-electron chi connectivity index (χ2n) is 3.86. The molecule has 1 atom stereocenters. The lowest BCUT2D eigenvalue weighted by atomic mass is 10.2. The molecule has 3 rings (SSSR count). The predicted octanol–water partition coefficient (Wildman–Crippen LogP) is 0.461. The Morgan fingerprint density at radius 1 is 1.59 bits per heavy atom. The summed E-state index contributed by atoms with van der Waals surface area (Å²) in [6.07, 6.45) is 1.06. The number of pyridine rings is 2. The van der Waals surface area contributed by atoms with Gasteiger partial charge in [-0.3, -0.25) is 14.3 Å². The van der Waals surface area contributed by atoms with Gasteiger partial charge >= 0.3 is 0 Å². The summed E-state index contributed by atoms with van der Waals surface area (Å²) >= 11 is 0. The van der Waals surface area contributed by atoms with Crippen molar-refractivity contribution >= 4 is 11.0 Å². The molecule has 5 nitrogen and oxygen atoms in total. The molecule has 0 saturated carbocycles. The minimum Gasteiger partial charge on any atom is -0.486 e. The fourth-order valence-corrected chi connectivity index (χ4v) is 2.06. The number of rotatable bonds is 1. The quantitative estimate of drug-likeness (QED) is 0.781. The number of nitrogens with zero attached hydrogens (tertiary/aromatic N) is 2. The van der Waals surface area contributed by atoms with Crippen molar-refractivity contribution < 1.29 is 14.2 Å². The third-order valence-electron chi connectivity index (χ3n) is 2.85. The second kappa shape index (κ2) is 3.53. The normalized spacial score (nSPS) is 18.1. The number of hydrogen-bond acceptors (Lipinski definition) is 4. The van der Waals surface area contributed by atoms with Crippen LogP contribution in [0.2, 0.25) is 0 Å². The molecular weight excluding hydrogens is 227 g/mol. The van der Waals surface area contributed by atoms with Crippen molar-refractivity contribution in [3.63, 3.8) is 0 Å². The molecular formula is C11H9FN2O3. The zero-order chi connectivity index (χ0) is 12.0. The summed E-state index contributed by atoms with van der Waals surface area (Å²) in [7, 11) is 0. The third-order valence-corrected chi connectivity index (χ3v) is 2.85. The topological polar surface area (TPSA) is 64.4 Å². The van der Waals surface area contributed by atoms with E-state index in [1.54, 1.807) is 0 Å². The van der Waals surface area contributed by atoms with Gasteiger partial charge < -0.3 is 9.84 Å². The van der Waals surface area contributed by atoms with Gasteiger partial charge in [0.1, 0.15) is 12.1 Å². The fraction of sp³-hybridized carbons (Fsp3) is 0.273. The first-order valence-corrected chi connectivity index (χ1v) is 5.16. The molecule has 2 aromatic heterocycles. The first-order valence-electron chi connectivity index (χ1n) is 5.16. The van der Waals surface area contributed by atoms with Crippen molar-refractivity contribution in [2.24, 2.45) is 0 Å². The first kappa shape index (κ1) is 10.2. The monoisotopic (exact) mass is 236 g/mol. The van der Waals surface area contributed by atoms with Gasteiger partial charge in [0.05, 0.1) is 24.4 Å². The molecule has 17 heavy (non-hydrogen) atoms. The van der Waals surface area contributed by atoms with Gasteiger partial charge in [-0.25, -0.2) is 4.39 Å². The van der Waals surface area contributed by atoms with Gasteiger partial charge in [0.25, 0.3) is 5.56 Å². The van der Waals surface area contributed by atoms with Gasteiger partial charge in [0, 0.05) is 6.07 Å². The van der Waals surface area contributed by atoms with Crippen LogP contribution in [0.15, 0.2) is 23.1 Å². The van der Waals surface area contributed by atoms with Gasteiger partial charge in [0.15, 0.2) is 11.6 Å². The summed E-state index contributed by atoms with van der Waals surface area (Å²) in [6, 6.07) is 2.37. The molecule has 6 heteroatoms. The molecule has 0 fully saturated rings. The van der Waals surface area contributed by atoms with Gasteiger partial charge in [-0.15, -0.1) is 0 Å². The largest absolute Gasteiger partial charge is 0.486 e. The Hall–Kier alpha value is -1.95. The van der Waals surface area contributed by atoms with E-state index in [-0.39, 0.29) is 24.5 Å². The summed E-state index contributed by atoms with van der Waals surface area (Å²) < 4.78 is 20.1. The molecule has 1 aliphatic rings. The zero-order valence-electron chi connectivity index (χ0n) is 8.76. The molecule has 1 aliphatic heterocycles. The van der Waals surface area contributed by atoms with Crippen LogP contribution in [0, 0.1) is 5.82 Å². The van der Waals surface area contributed by atoms with E-state index in [0.717, 1.165) is 6.20 Å². The summed E-state index contributed by atoms with van der Waals surface area (Å²) in [5, 5.41) is 9.21. The third kappa shape index (κ3) is 1.34. The van der Waals surface area contributed by atoms with E-state index in [9.17, 15) is 14.3 Å². The average Bonchev–Trinajstić information content (AvgIpc) is 2.36. The Morgan fingerprint density at radius 2 is 2.41 bits per heavy atom. The molecule has 1 N–H and O–H groups in total. The zero-order valence-corrected chi connectivity index (χ0v) is 8.76. The SMILES string of the molecule is O=c1ccc2ncc(F)c3c2n1[C@@H](CO)CO3. The fourth-order valence-electron chi connectivity index (χ4n) is 2.06. The van der Waals surface area contributed by atoms with Gasteiger partial charge in [-0.05, 0) is 6.07 Å².